The van der Waals surface area contributed by atoms with E-state index < -0.39 is 0 Å². The van der Waals surface area contributed by atoms with Crippen molar-refractivity contribution in [1.29, 1.82) is 0 Å². The number of methoxy groups -OCH3 is 1. The Morgan fingerprint density at radius 2 is 1.85 bits per heavy atom. The summed E-state index contributed by atoms with van der Waals surface area (Å²) in [6.45, 7) is 5.35. The molecule has 1 unspecified atom stereocenters. The van der Waals surface area contributed by atoms with Crippen LogP contribution in [0.1, 0.15) is 46.0 Å². The van der Waals surface area contributed by atoms with E-state index in [1.54, 1.807) is 7.11 Å². The van der Waals surface area contributed by atoms with E-state index in [0.29, 0.717) is 12.0 Å². The third kappa shape index (κ3) is 2.68. The van der Waals surface area contributed by atoms with E-state index in [0.717, 1.165) is 12.8 Å². The lowest BCUT2D eigenvalue weighted by Crippen LogP contribution is -2.39. The van der Waals surface area contributed by atoms with E-state index in [-0.39, 0.29) is 5.60 Å². The van der Waals surface area contributed by atoms with Crippen molar-refractivity contribution in [3.8, 4) is 0 Å². The van der Waals surface area contributed by atoms with Gasteiger partial charge < -0.3 is 10.5 Å². The maximum absolute atomic E-state index is 5.78. The Morgan fingerprint density at radius 1 is 1.15 bits per heavy atom. The normalized spacial score (nSPS) is 34.2. The van der Waals surface area contributed by atoms with Gasteiger partial charge in [-0.25, -0.2) is 0 Å². The predicted octanol–water partition coefficient (Wildman–Crippen LogP) is 2.32. The highest BCUT2D eigenvalue weighted by Gasteiger charge is 2.34. The highest BCUT2D eigenvalue weighted by atomic mass is 16.5. The number of hydrogen-bond acceptors (Lipinski definition) is 2. The molecular formula is C11H23NO. The topological polar surface area (TPSA) is 35.2 Å². The van der Waals surface area contributed by atoms with Gasteiger partial charge in [0.15, 0.2) is 0 Å². The van der Waals surface area contributed by atoms with Gasteiger partial charge in [-0.05, 0) is 31.1 Å². The minimum absolute atomic E-state index is 0.0201. The zero-order valence-electron chi connectivity index (χ0n) is 9.23. The molecule has 0 heterocycles. The van der Waals surface area contributed by atoms with Crippen molar-refractivity contribution in [3.63, 3.8) is 0 Å². The molecule has 1 fully saturated rings. The minimum Gasteiger partial charge on any atom is -0.377 e. The van der Waals surface area contributed by atoms with Gasteiger partial charge in [-0.3, -0.25) is 0 Å². The van der Waals surface area contributed by atoms with Gasteiger partial charge in [-0.15, -0.1) is 0 Å². The molecule has 0 saturated heterocycles. The van der Waals surface area contributed by atoms with Gasteiger partial charge in [0.25, 0.3) is 0 Å². The zero-order valence-corrected chi connectivity index (χ0v) is 9.23. The summed E-state index contributed by atoms with van der Waals surface area (Å²) < 4.78 is 5.58. The minimum atomic E-state index is -0.0201. The average Bonchev–Trinajstić information content (AvgIpc) is 2.25. The summed E-state index contributed by atoms with van der Waals surface area (Å²) in [6.07, 6.45) is 6.03. The maximum atomic E-state index is 5.78. The molecule has 1 saturated carbocycles. The third-order valence-corrected chi connectivity index (χ3v) is 3.55. The monoisotopic (exact) mass is 185 g/mol. The third-order valence-electron chi connectivity index (χ3n) is 3.55. The molecule has 0 spiro atoms. The highest BCUT2D eigenvalue weighted by Crippen LogP contribution is 2.38. The second kappa shape index (κ2) is 3.97. The van der Waals surface area contributed by atoms with Crippen molar-refractivity contribution < 1.29 is 4.74 Å². The van der Waals surface area contributed by atoms with Crippen LogP contribution in [0.5, 0.6) is 0 Å². The zero-order chi connectivity index (χ0) is 9.95. The Bertz CT molecular complexity index is 161. The lowest BCUT2D eigenvalue weighted by atomic mass is 9.84. The fourth-order valence-electron chi connectivity index (χ4n) is 2.20. The standard InChI is InChI=1S/C11H23NO/c1-10(2)5-4-6-11(9-12,13-3)8-7-10/h4-9,12H2,1-3H3. The summed E-state index contributed by atoms with van der Waals surface area (Å²) in [5.41, 5.74) is 6.24. The fourth-order valence-corrected chi connectivity index (χ4v) is 2.20. The van der Waals surface area contributed by atoms with Crippen molar-refractivity contribution in [1.82, 2.24) is 0 Å². The van der Waals surface area contributed by atoms with E-state index in [1.807, 2.05) is 0 Å². The molecule has 0 amide bonds. The van der Waals surface area contributed by atoms with E-state index in [9.17, 15) is 0 Å². The lowest BCUT2D eigenvalue weighted by molar-refractivity contribution is -0.0166. The van der Waals surface area contributed by atoms with Crippen LogP contribution in [0.4, 0.5) is 0 Å². The van der Waals surface area contributed by atoms with Gasteiger partial charge >= 0.3 is 0 Å². The molecule has 0 radical (unpaired) electrons. The second-order valence-corrected chi connectivity index (χ2v) is 5.11. The fraction of sp³-hybridized carbons (Fsp3) is 1.00. The van der Waals surface area contributed by atoms with Gasteiger partial charge in [-0.2, -0.15) is 0 Å². The highest BCUT2D eigenvalue weighted by molar-refractivity contribution is 4.88. The Morgan fingerprint density at radius 3 is 2.38 bits per heavy atom. The summed E-state index contributed by atoms with van der Waals surface area (Å²) in [6, 6.07) is 0. The first-order valence-corrected chi connectivity index (χ1v) is 5.29. The van der Waals surface area contributed by atoms with Crippen LogP contribution in [0.3, 0.4) is 0 Å². The number of hydrogen-bond donors (Lipinski definition) is 1. The van der Waals surface area contributed by atoms with Crippen molar-refractivity contribution in [3.05, 3.63) is 0 Å². The van der Waals surface area contributed by atoms with Crippen LogP contribution < -0.4 is 5.73 Å². The van der Waals surface area contributed by atoms with Gasteiger partial charge in [0.2, 0.25) is 0 Å². The molecule has 2 N–H and O–H groups in total. The molecule has 13 heavy (non-hydrogen) atoms. The van der Waals surface area contributed by atoms with Crippen molar-refractivity contribution >= 4 is 0 Å². The molecule has 1 aliphatic carbocycles. The molecule has 78 valence electrons. The first kappa shape index (κ1) is 11.0. The summed E-state index contributed by atoms with van der Waals surface area (Å²) in [4.78, 5) is 0. The predicted molar refractivity (Wildman–Crippen MR) is 55.7 cm³/mol. The number of ether oxygens (including phenoxy) is 1. The number of nitrogens with two attached hydrogens (primary N) is 1. The number of rotatable bonds is 2. The van der Waals surface area contributed by atoms with Gasteiger partial charge in [0.05, 0.1) is 5.60 Å². The van der Waals surface area contributed by atoms with Gasteiger partial charge in [0, 0.05) is 13.7 Å². The smallest absolute Gasteiger partial charge is 0.0800 e. The van der Waals surface area contributed by atoms with E-state index in [1.165, 1.54) is 19.3 Å². The van der Waals surface area contributed by atoms with E-state index in [4.69, 9.17) is 10.5 Å². The molecule has 1 aliphatic rings. The molecule has 2 heteroatoms. The van der Waals surface area contributed by atoms with Crippen molar-refractivity contribution in [2.45, 2.75) is 51.6 Å². The van der Waals surface area contributed by atoms with Crippen LogP contribution in [-0.4, -0.2) is 19.3 Å². The molecule has 1 atom stereocenters. The SMILES string of the molecule is COC1(CN)CCCC(C)(C)CC1. The average molecular weight is 185 g/mol. The maximum Gasteiger partial charge on any atom is 0.0800 e. The molecule has 0 aliphatic heterocycles. The van der Waals surface area contributed by atoms with E-state index >= 15 is 0 Å². The molecule has 0 aromatic rings. The molecule has 1 rings (SSSR count). The van der Waals surface area contributed by atoms with Crippen LogP contribution in [0, 0.1) is 5.41 Å². The van der Waals surface area contributed by atoms with Crippen molar-refractivity contribution in [2.75, 3.05) is 13.7 Å². The van der Waals surface area contributed by atoms with Gasteiger partial charge in [-0.1, -0.05) is 20.3 Å². The quantitative estimate of drug-likeness (QED) is 0.670. The van der Waals surface area contributed by atoms with E-state index in [2.05, 4.69) is 13.8 Å². The second-order valence-electron chi connectivity index (χ2n) is 5.11. The van der Waals surface area contributed by atoms with Crippen LogP contribution >= 0.6 is 0 Å². The first-order valence-electron chi connectivity index (χ1n) is 5.29. The van der Waals surface area contributed by atoms with Crippen LogP contribution in [0.2, 0.25) is 0 Å². The van der Waals surface area contributed by atoms with Crippen molar-refractivity contribution in [2.24, 2.45) is 11.1 Å². The van der Waals surface area contributed by atoms with Crippen LogP contribution in [-0.2, 0) is 4.74 Å². The Kier molecular flexibility index (Phi) is 3.36. The molecule has 0 aromatic heterocycles. The summed E-state index contributed by atoms with van der Waals surface area (Å²) >= 11 is 0. The van der Waals surface area contributed by atoms with Crippen LogP contribution in [0.15, 0.2) is 0 Å². The summed E-state index contributed by atoms with van der Waals surface area (Å²) in [5, 5.41) is 0. The van der Waals surface area contributed by atoms with Crippen LogP contribution in [0.25, 0.3) is 0 Å². The lowest BCUT2D eigenvalue weighted by Gasteiger charge is -2.30. The Hall–Kier alpha value is -0.0800. The molecule has 0 aromatic carbocycles. The Labute approximate surface area is 81.8 Å². The first-order chi connectivity index (χ1) is 6.04. The van der Waals surface area contributed by atoms with Gasteiger partial charge in [0.1, 0.15) is 0 Å². The molecule has 0 bridgehead atoms. The Balaban J connectivity index is 2.62. The summed E-state index contributed by atoms with van der Waals surface area (Å²) in [7, 11) is 1.80. The summed E-state index contributed by atoms with van der Waals surface area (Å²) in [5.74, 6) is 0. The molecule has 2 nitrogen and oxygen atoms in total. The largest absolute Gasteiger partial charge is 0.377 e. The molecular weight excluding hydrogens is 162 g/mol.